The highest BCUT2D eigenvalue weighted by molar-refractivity contribution is 5.81. The summed E-state index contributed by atoms with van der Waals surface area (Å²) in [5, 5.41) is 0. The molecule has 0 bridgehead atoms. The average molecular weight is 370 g/mol. The first-order chi connectivity index (χ1) is 13.0. The minimum atomic E-state index is -0.236. The molecule has 0 heterocycles. The standard InChI is InChI=1S/C22H30N2O3/c1-6-24(15-18-10-8-7-9-11-18)22(25)17(2)23(3)16-19-12-13-20(26-4)14-21(19)27-5/h7-14,17H,6,15-16H2,1-5H3. The number of amides is 1. The van der Waals surface area contributed by atoms with Crippen molar-refractivity contribution in [1.82, 2.24) is 9.80 Å². The van der Waals surface area contributed by atoms with Gasteiger partial charge in [-0.25, -0.2) is 0 Å². The molecule has 146 valence electrons. The van der Waals surface area contributed by atoms with Crippen molar-refractivity contribution in [2.45, 2.75) is 33.0 Å². The molecule has 0 saturated carbocycles. The molecule has 2 aromatic carbocycles. The number of ether oxygens (including phenoxy) is 2. The molecule has 27 heavy (non-hydrogen) atoms. The lowest BCUT2D eigenvalue weighted by Crippen LogP contribution is -2.45. The lowest BCUT2D eigenvalue weighted by molar-refractivity contribution is -0.136. The number of carbonyl (C=O) groups excluding carboxylic acids is 1. The third kappa shape index (κ3) is 5.47. The van der Waals surface area contributed by atoms with Crippen molar-refractivity contribution in [2.24, 2.45) is 0 Å². The van der Waals surface area contributed by atoms with Crippen LogP contribution in [0.2, 0.25) is 0 Å². The summed E-state index contributed by atoms with van der Waals surface area (Å²) in [5.74, 6) is 1.64. The third-order valence-corrected chi connectivity index (χ3v) is 4.84. The van der Waals surface area contributed by atoms with Gasteiger partial charge in [0.1, 0.15) is 11.5 Å². The van der Waals surface area contributed by atoms with Crippen molar-refractivity contribution in [3.05, 3.63) is 59.7 Å². The van der Waals surface area contributed by atoms with E-state index in [-0.39, 0.29) is 11.9 Å². The lowest BCUT2D eigenvalue weighted by atomic mass is 10.1. The second-order valence-corrected chi connectivity index (χ2v) is 6.61. The molecule has 0 N–H and O–H groups in total. The smallest absolute Gasteiger partial charge is 0.239 e. The largest absolute Gasteiger partial charge is 0.497 e. The van der Waals surface area contributed by atoms with E-state index in [1.165, 1.54) is 0 Å². The molecule has 0 saturated heterocycles. The zero-order valence-corrected chi connectivity index (χ0v) is 16.9. The zero-order valence-electron chi connectivity index (χ0n) is 16.9. The van der Waals surface area contributed by atoms with E-state index in [1.54, 1.807) is 14.2 Å². The van der Waals surface area contributed by atoms with Crippen LogP contribution in [0.25, 0.3) is 0 Å². The van der Waals surface area contributed by atoms with Gasteiger partial charge in [-0.3, -0.25) is 9.69 Å². The summed E-state index contributed by atoms with van der Waals surface area (Å²) < 4.78 is 10.7. The number of benzene rings is 2. The Morgan fingerprint density at radius 3 is 2.33 bits per heavy atom. The Hall–Kier alpha value is -2.53. The molecule has 1 amide bonds. The molecule has 0 aliphatic carbocycles. The number of rotatable bonds is 9. The highest BCUT2D eigenvalue weighted by Gasteiger charge is 2.24. The molecular weight excluding hydrogens is 340 g/mol. The summed E-state index contributed by atoms with van der Waals surface area (Å²) in [5.41, 5.74) is 2.16. The van der Waals surface area contributed by atoms with E-state index in [0.29, 0.717) is 19.6 Å². The Balaban J connectivity index is 2.06. The van der Waals surface area contributed by atoms with Crippen molar-refractivity contribution in [3.63, 3.8) is 0 Å². The van der Waals surface area contributed by atoms with Crippen LogP contribution in [0.4, 0.5) is 0 Å². The van der Waals surface area contributed by atoms with E-state index in [2.05, 4.69) is 0 Å². The van der Waals surface area contributed by atoms with Crippen molar-refractivity contribution >= 4 is 5.91 Å². The molecule has 0 aromatic heterocycles. The van der Waals surface area contributed by atoms with Crippen molar-refractivity contribution < 1.29 is 14.3 Å². The van der Waals surface area contributed by atoms with Gasteiger partial charge >= 0.3 is 0 Å². The molecule has 0 radical (unpaired) electrons. The summed E-state index contributed by atoms with van der Waals surface area (Å²) in [4.78, 5) is 16.9. The summed E-state index contributed by atoms with van der Waals surface area (Å²) in [6.07, 6.45) is 0. The summed E-state index contributed by atoms with van der Waals surface area (Å²) in [6.45, 7) is 5.88. The lowest BCUT2D eigenvalue weighted by Gasteiger charge is -2.30. The molecule has 1 atom stereocenters. The van der Waals surface area contributed by atoms with Gasteiger partial charge in [-0.1, -0.05) is 36.4 Å². The summed E-state index contributed by atoms with van der Waals surface area (Å²) in [6, 6.07) is 15.6. The first-order valence-electron chi connectivity index (χ1n) is 9.24. The summed E-state index contributed by atoms with van der Waals surface area (Å²) in [7, 11) is 5.24. The van der Waals surface area contributed by atoms with Crippen LogP contribution < -0.4 is 9.47 Å². The minimum Gasteiger partial charge on any atom is -0.497 e. The molecule has 5 nitrogen and oxygen atoms in total. The van der Waals surface area contributed by atoms with Gasteiger partial charge < -0.3 is 14.4 Å². The van der Waals surface area contributed by atoms with E-state index < -0.39 is 0 Å². The number of carbonyl (C=O) groups is 1. The number of methoxy groups -OCH3 is 2. The molecule has 0 aliphatic heterocycles. The van der Waals surface area contributed by atoms with E-state index in [1.807, 2.05) is 79.2 Å². The fourth-order valence-electron chi connectivity index (χ4n) is 2.99. The van der Waals surface area contributed by atoms with Gasteiger partial charge in [0.2, 0.25) is 5.91 Å². The fourth-order valence-corrected chi connectivity index (χ4v) is 2.99. The maximum absolute atomic E-state index is 13.0. The van der Waals surface area contributed by atoms with Crippen LogP contribution in [0, 0.1) is 0 Å². The van der Waals surface area contributed by atoms with Crippen molar-refractivity contribution in [3.8, 4) is 11.5 Å². The number of nitrogens with zero attached hydrogens (tertiary/aromatic N) is 2. The molecule has 5 heteroatoms. The number of likely N-dealkylation sites (N-methyl/N-ethyl adjacent to an activating group) is 2. The Kier molecular flexibility index (Phi) is 7.67. The van der Waals surface area contributed by atoms with Crippen LogP contribution in [0.5, 0.6) is 11.5 Å². The maximum Gasteiger partial charge on any atom is 0.239 e. The monoisotopic (exact) mass is 370 g/mol. The second kappa shape index (κ2) is 9.97. The second-order valence-electron chi connectivity index (χ2n) is 6.61. The van der Waals surface area contributed by atoms with Crippen LogP contribution in [0.1, 0.15) is 25.0 Å². The molecule has 0 spiro atoms. The predicted molar refractivity (Wildman–Crippen MR) is 108 cm³/mol. The maximum atomic E-state index is 13.0. The van der Waals surface area contributed by atoms with E-state index in [0.717, 1.165) is 22.6 Å². The third-order valence-electron chi connectivity index (χ3n) is 4.84. The molecular formula is C22H30N2O3. The SMILES string of the molecule is CCN(Cc1ccccc1)C(=O)C(C)N(C)Cc1ccc(OC)cc1OC. The molecule has 0 fully saturated rings. The highest BCUT2D eigenvalue weighted by Crippen LogP contribution is 2.26. The van der Waals surface area contributed by atoms with E-state index in [4.69, 9.17) is 9.47 Å². The first kappa shape index (κ1) is 20.8. The molecule has 0 aliphatic rings. The van der Waals surface area contributed by atoms with Gasteiger partial charge in [-0.15, -0.1) is 0 Å². The molecule has 2 aromatic rings. The van der Waals surface area contributed by atoms with Gasteiger partial charge in [0.15, 0.2) is 0 Å². The van der Waals surface area contributed by atoms with Crippen molar-refractivity contribution in [2.75, 3.05) is 27.8 Å². The van der Waals surface area contributed by atoms with Crippen LogP contribution in [-0.4, -0.2) is 49.6 Å². The Labute approximate surface area is 162 Å². The van der Waals surface area contributed by atoms with Gasteiger partial charge in [0.25, 0.3) is 0 Å². The Bertz CT molecular complexity index is 734. The zero-order chi connectivity index (χ0) is 19.8. The van der Waals surface area contributed by atoms with Gasteiger partial charge in [-0.2, -0.15) is 0 Å². The van der Waals surface area contributed by atoms with Gasteiger partial charge in [-0.05, 0) is 32.5 Å². The molecule has 2 rings (SSSR count). The fraction of sp³-hybridized carbons (Fsp3) is 0.409. The van der Waals surface area contributed by atoms with Crippen molar-refractivity contribution in [1.29, 1.82) is 0 Å². The van der Waals surface area contributed by atoms with Gasteiger partial charge in [0, 0.05) is 31.3 Å². The van der Waals surface area contributed by atoms with Crippen LogP contribution >= 0.6 is 0 Å². The highest BCUT2D eigenvalue weighted by atomic mass is 16.5. The topological polar surface area (TPSA) is 42.0 Å². The van der Waals surface area contributed by atoms with Gasteiger partial charge in [0.05, 0.1) is 20.3 Å². The number of hydrogen-bond donors (Lipinski definition) is 0. The van der Waals surface area contributed by atoms with Crippen LogP contribution in [-0.2, 0) is 17.9 Å². The quantitative estimate of drug-likeness (QED) is 0.677. The minimum absolute atomic E-state index is 0.122. The van der Waals surface area contributed by atoms with E-state index in [9.17, 15) is 4.79 Å². The first-order valence-corrected chi connectivity index (χ1v) is 9.24. The Morgan fingerprint density at radius 2 is 1.74 bits per heavy atom. The summed E-state index contributed by atoms with van der Waals surface area (Å²) >= 11 is 0. The normalized spacial score (nSPS) is 11.9. The van der Waals surface area contributed by atoms with E-state index >= 15 is 0 Å². The number of hydrogen-bond acceptors (Lipinski definition) is 4. The average Bonchev–Trinajstić information content (AvgIpc) is 2.71. The Morgan fingerprint density at radius 1 is 1.04 bits per heavy atom. The van der Waals surface area contributed by atoms with Crippen LogP contribution in [0.3, 0.4) is 0 Å². The van der Waals surface area contributed by atoms with Crippen LogP contribution in [0.15, 0.2) is 48.5 Å². The predicted octanol–water partition coefficient (Wildman–Crippen LogP) is 3.57. The molecule has 1 unspecified atom stereocenters.